The van der Waals surface area contributed by atoms with Crippen LogP contribution in [-0.4, -0.2) is 0 Å². The molecule has 2 nitrogen and oxygen atoms in total. The zero-order chi connectivity index (χ0) is 13.1. The van der Waals surface area contributed by atoms with Crippen LogP contribution in [0.2, 0.25) is 10.0 Å². The van der Waals surface area contributed by atoms with Crippen LogP contribution in [0.5, 0.6) is 5.75 Å². The van der Waals surface area contributed by atoms with Gasteiger partial charge in [0.25, 0.3) is 0 Å². The standard InChI is InChI=1S/C13H10Cl2FNO/c14-9-2-1-8(12(17)5-9)7-18-13-4-3-10(16)6-11(13)15/h1-6H,7,17H2. The molecule has 0 radical (unpaired) electrons. The molecule has 0 atom stereocenters. The fourth-order valence-corrected chi connectivity index (χ4v) is 1.85. The number of anilines is 1. The number of hydrogen-bond donors (Lipinski definition) is 1. The van der Waals surface area contributed by atoms with E-state index < -0.39 is 5.82 Å². The highest BCUT2D eigenvalue weighted by Gasteiger charge is 2.05. The first kappa shape index (κ1) is 13.0. The summed E-state index contributed by atoms with van der Waals surface area (Å²) in [5, 5.41) is 0.790. The van der Waals surface area contributed by atoms with Gasteiger partial charge in [-0.15, -0.1) is 0 Å². The molecule has 94 valence electrons. The molecule has 2 aromatic carbocycles. The van der Waals surface area contributed by atoms with Gasteiger partial charge in [0.1, 0.15) is 18.2 Å². The topological polar surface area (TPSA) is 35.2 Å². The minimum absolute atomic E-state index is 0.225. The van der Waals surface area contributed by atoms with E-state index in [0.29, 0.717) is 16.5 Å². The lowest BCUT2D eigenvalue weighted by Gasteiger charge is -2.10. The van der Waals surface area contributed by atoms with E-state index in [9.17, 15) is 4.39 Å². The predicted molar refractivity (Wildman–Crippen MR) is 71.6 cm³/mol. The number of nitrogen functional groups attached to an aromatic ring is 1. The Labute approximate surface area is 114 Å². The smallest absolute Gasteiger partial charge is 0.138 e. The van der Waals surface area contributed by atoms with Gasteiger partial charge >= 0.3 is 0 Å². The van der Waals surface area contributed by atoms with Crippen molar-refractivity contribution in [3.05, 3.63) is 57.8 Å². The zero-order valence-corrected chi connectivity index (χ0v) is 10.8. The minimum atomic E-state index is -0.404. The van der Waals surface area contributed by atoms with E-state index in [0.717, 1.165) is 5.56 Å². The third-order valence-electron chi connectivity index (χ3n) is 2.39. The molecule has 0 aromatic heterocycles. The maximum absolute atomic E-state index is 12.8. The Morgan fingerprint density at radius 1 is 1.11 bits per heavy atom. The van der Waals surface area contributed by atoms with Crippen LogP contribution in [0.3, 0.4) is 0 Å². The molecule has 0 saturated carbocycles. The van der Waals surface area contributed by atoms with Gasteiger partial charge in [-0.3, -0.25) is 0 Å². The van der Waals surface area contributed by atoms with Crippen LogP contribution in [0.4, 0.5) is 10.1 Å². The summed E-state index contributed by atoms with van der Waals surface area (Å²) in [7, 11) is 0. The van der Waals surface area contributed by atoms with E-state index in [1.807, 2.05) is 0 Å². The van der Waals surface area contributed by atoms with E-state index in [4.69, 9.17) is 33.7 Å². The van der Waals surface area contributed by atoms with Gasteiger partial charge in [0.2, 0.25) is 0 Å². The van der Waals surface area contributed by atoms with Crippen molar-refractivity contribution in [2.45, 2.75) is 6.61 Å². The fourth-order valence-electron chi connectivity index (χ4n) is 1.45. The molecule has 18 heavy (non-hydrogen) atoms. The number of hydrogen-bond acceptors (Lipinski definition) is 2. The lowest BCUT2D eigenvalue weighted by Crippen LogP contribution is -2.00. The third-order valence-corrected chi connectivity index (χ3v) is 2.92. The molecule has 0 aliphatic heterocycles. The lowest BCUT2D eigenvalue weighted by molar-refractivity contribution is 0.306. The molecule has 0 amide bonds. The van der Waals surface area contributed by atoms with Crippen LogP contribution in [0, 0.1) is 5.82 Å². The van der Waals surface area contributed by atoms with Gasteiger partial charge in [-0.1, -0.05) is 29.3 Å². The highest BCUT2D eigenvalue weighted by atomic mass is 35.5. The number of nitrogens with two attached hydrogens (primary N) is 1. The van der Waals surface area contributed by atoms with Gasteiger partial charge in [-0.2, -0.15) is 0 Å². The second-order valence-corrected chi connectivity index (χ2v) is 4.55. The maximum atomic E-state index is 12.8. The molecule has 2 N–H and O–H groups in total. The first-order valence-electron chi connectivity index (χ1n) is 5.18. The highest BCUT2D eigenvalue weighted by molar-refractivity contribution is 6.32. The van der Waals surface area contributed by atoms with E-state index in [1.165, 1.54) is 18.2 Å². The molecular weight excluding hydrogens is 276 g/mol. The second-order valence-electron chi connectivity index (χ2n) is 3.71. The van der Waals surface area contributed by atoms with Gasteiger partial charge < -0.3 is 10.5 Å². The molecule has 0 heterocycles. The van der Waals surface area contributed by atoms with Crippen LogP contribution < -0.4 is 10.5 Å². The second kappa shape index (κ2) is 5.46. The molecule has 0 aliphatic carbocycles. The van der Waals surface area contributed by atoms with Crippen LogP contribution in [0.1, 0.15) is 5.56 Å². The van der Waals surface area contributed by atoms with E-state index >= 15 is 0 Å². The van der Waals surface area contributed by atoms with Crippen LogP contribution in [0.15, 0.2) is 36.4 Å². The molecule has 0 spiro atoms. The normalized spacial score (nSPS) is 10.4. The molecule has 0 saturated heterocycles. The summed E-state index contributed by atoms with van der Waals surface area (Å²) < 4.78 is 18.3. The number of ether oxygens (including phenoxy) is 1. The first-order valence-corrected chi connectivity index (χ1v) is 5.93. The Morgan fingerprint density at radius 2 is 1.89 bits per heavy atom. The largest absolute Gasteiger partial charge is 0.487 e. The summed E-state index contributed by atoms with van der Waals surface area (Å²) in [5.74, 6) is 0.00535. The van der Waals surface area contributed by atoms with Crippen LogP contribution in [-0.2, 0) is 6.61 Å². The molecule has 2 aromatic rings. The summed E-state index contributed by atoms with van der Waals surface area (Å²) in [4.78, 5) is 0. The lowest BCUT2D eigenvalue weighted by atomic mass is 10.2. The Morgan fingerprint density at radius 3 is 2.56 bits per heavy atom. The van der Waals surface area contributed by atoms with Crippen molar-refractivity contribution in [1.29, 1.82) is 0 Å². The van der Waals surface area contributed by atoms with Gasteiger partial charge in [0.05, 0.1) is 5.02 Å². The van der Waals surface area contributed by atoms with Crippen LogP contribution in [0.25, 0.3) is 0 Å². The summed E-state index contributed by atoms with van der Waals surface area (Å²) in [6.07, 6.45) is 0. The fraction of sp³-hybridized carbons (Fsp3) is 0.0769. The van der Waals surface area contributed by atoms with Crippen molar-refractivity contribution in [3.63, 3.8) is 0 Å². The molecule has 0 aliphatic rings. The zero-order valence-electron chi connectivity index (χ0n) is 9.29. The summed E-state index contributed by atoms with van der Waals surface area (Å²) >= 11 is 11.6. The SMILES string of the molecule is Nc1cc(Cl)ccc1COc1ccc(F)cc1Cl. The maximum Gasteiger partial charge on any atom is 0.138 e. The van der Waals surface area contributed by atoms with Crippen molar-refractivity contribution < 1.29 is 9.13 Å². The Hall–Kier alpha value is -1.45. The monoisotopic (exact) mass is 285 g/mol. The van der Waals surface area contributed by atoms with Crippen molar-refractivity contribution in [3.8, 4) is 5.75 Å². The van der Waals surface area contributed by atoms with Crippen molar-refractivity contribution in [2.24, 2.45) is 0 Å². The van der Waals surface area contributed by atoms with Gasteiger partial charge in [-0.25, -0.2) is 4.39 Å². The van der Waals surface area contributed by atoms with Crippen LogP contribution >= 0.6 is 23.2 Å². The van der Waals surface area contributed by atoms with Gasteiger partial charge in [0.15, 0.2) is 0 Å². The molecule has 5 heteroatoms. The molecule has 2 rings (SSSR count). The Balaban J connectivity index is 2.11. The van der Waals surface area contributed by atoms with Crippen molar-refractivity contribution in [2.75, 3.05) is 5.73 Å². The predicted octanol–water partition coefficient (Wildman–Crippen LogP) is 4.29. The molecular formula is C13H10Cl2FNO. The average Bonchev–Trinajstić information content (AvgIpc) is 2.30. The molecule has 0 fully saturated rings. The number of benzene rings is 2. The number of halogens is 3. The summed E-state index contributed by atoms with van der Waals surface area (Å²) in [6.45, 7) is 0.244. The van der Waals surface area contributed by atoms with Crippen molar-refractivity contribution in [1.82, 2.24) is 0 Å². The summed E-state index contributed by atoms with van der Waals surface area (Å²) in [5.41, 5.74) is 7.12. The highest BCUT2D eigenvalue weighted by Crippen LogP contribution is 2.27. The van der Waals surface area contributed by atoms with Gasteiger partial charge in [-0.05, 0) is 30.3 Å². The van der Waals surface area contributed by atoms with E-state index in [-0.39, 0.29) is 11.6 Å². The minimum Gasteiger partial charge on any atom is -0.487 e. The third kappa shape index (κ3) is 3.06. The first-order chi connectivity index (χ1) is 8.56. The van der Waals surface area contributed by atoms with Crippen molar-refractivity contribution >= 4 is 28.9 Å². The van der Waals surface area contributed by atoms with E-state index in [2.05, 4.69) is 0 Å². The number of rotatable bonds is 3. The molecule has 0 bridgehead atoms. The Kier molecular flexibility index (Phi) is 3.94. The van der Waals surface area contributed by atoms with E-state index in [1.54, 1.807) is 18.2 Å². The quantitative estimate of drug-likeness (QED) is 0.854. The molecule has 0 unspecified atom stereocenters. The average molecular weight is 286 g/mol. The summed E-state index contributed by atoms with van der Waals surface area (Å²) in [6, 6.07) is 9.10. The van der Waals surface area contributed by atoms with Gasteiger partial charge in [0, 0.05) is 16.3 Å². The Bertz CT molecular complexity index is 523.